The van der Waals surface area contributed by atoms with Crippen molar-refractivity contribution in [1.82, 2.24) is 15.1 Å². The summed E-state index contributed by atoms with van der Waals surface area (Å²) in [5, 5.41) is 7.07. The number of aromatic nitrogens is 2. The van der Waals surface area contributed by atoms with Crippen molar-refractivity contribution >= 4 is 11.8 Å². The smallest absolute Gasteiger partial charge is 0.272 e. The number of aryl methyl sites for hydroxylation is 1. The van der Waals surface area contributed by atoms with Gasteiger partial charge < -0.3 is 10.6 Å². The average molecular weight is 326 g/mol. The first-order valence-corrected chi connectivity index (χ1v) is 8.18. The van der Waals surface area contributed by atoms with Crippen LogP contribution >= 0.6 is 0 Å². The summed E-state index contributed by atoms with van der Waals surface area (Å²) in [5.41, 5.74) is 8.70. The molecule has 0 unspecified atom stereocenters. The van der Waals surface area contributed by atoms with E-state index in [0.717, 1.165) is 24.1 Å². The number of nitrogens with zero attached hydrogens (tertiary/aromatic N) is 2. The van der Waals surface area contributed by atoms with E-state index >= 15 is 0 Å². The van der Waals surface area contributed by atoms with E-state index in [9.17, 15) is 9.59 Å². The molecule has 0 bridgehead atoms. The van der Waals surface area contributed by atoms with Crippen molar-refractivity contribution in [2.75, 3.05) is 6.54 Å². The molecule has 6 nitrogen and oxygen atoms in total. The first-order chi connectivity index (χ1) is 11.5. The lowest BCUT2D eigenvalue weighted by molar-refractivity contribution is -0.123. The highest BCUT2D eigenvalue weighted by atomic mass is 16.2. The predicted octanol–water partition coefficient (Wildman–Crippen LogP) is 2.11. The molecule has 1 aromatic heterocycles. The van der Waals surface area contributed by atoms with Crippen LogP contribution in [0, 0.1) is 12.8 Å². The number of primary amides is 1. The molecule has 0 spiro atoms. The fraction of sp³-hybridized carbons (Fsp3) is 0.389. The lowest BCUT2D eigenvalue weighted by Crippen LogP contribution is -2.48. The molecular weight excluding hydrogens is 304 g/mol. The fourth-order valence-electron chi connectivity index (χ4n) is 3.08. The summed E-state index contributed by atoms with van der Waals surface area (Å²) in [4.78, 5) is 25.9. The van der Waals surface area contributed by atoms with E-state index in [0.29, 0.717) is 12.2 Å². The van der Waals surface area contributed by atoms with Gasteiger partial charge in [0, 0.05) is 18.2 Å². The van der Waals surface area contributed by atoms with Gasteiger partial charge in [-0.3, -0.25) is 14.7 Å². The predicted molar refractivity (Wildman–Crippen MR) is 91.2 cm³/mol. The Balaban J connectivity index is 1.80. The maximum Gasteiger partial charge on any atom is 0.272 e. The summed E-state index contributed by atoms with van der Waals surface area (Å²) in [6.07, 6.45) is 1.51. The number of aromatic amines is 1. The van der Waals surface area contributed by atoms with Gasteiger partial charge in [0.2, 0.25) is 5.91 Å². The molecule has 0 radical (unpaired) electrons. The molecule has 1 saturated heterocycles. The number of nitrogens with two attached hydrogens (primary N) is 1. The lowest BCUT2D eigenvalue weighted by atomic mass is 9.92. The Morgan fingerprint density at radius 3 is 2.62 bits per heavy atom. The number of H-pyrrole nitrogens is 1. The third-order valence-corrected chi connectivity index (χ3v) is 4.70. The Morgan fingerprint density at radius 1 is 1.25 bits per heavy atom. The van der Waals surface area contributed by atoms with Gasteiger partial charge in [-0.15, -0.1) is 0 Å². The van der Waals surface area contributed by atoms with Crippen LogP contribution < -0.4 is 5.73 Å². The number of carbonyl (C=O) groups excluding carboxylic acids is 2. The van der Waals surface area contributed by atoms with Crippen LogP contribution in [0.5, 0.6) is 0 Å². The zero-order valence-corrected chi connectivity index (χ0v) is 14.0. The zero-order valence-electron chi connectivity index (χ0n) is 14.0. The topological polar surface area (TPSA) is 92.1 Å². The van der Waals surface area contributed by atoms with Crippen LogP contribution in [0.1, 0.15) is 35.8 Å². The number of carbonyl (C=O) groups is 2. The van der Waals surface area contributed by atoms with E-state index in [1.54, 1.807) is 11.0 Å². The molecule has 3 N–H and O–H groups in total. The van der Waals surface area contributed by atoms with Crippen molar-refractivity contribution in [1.29, 1.82) is 0 Å². The molecule has 0 aliphatic carbocycles. The standard InChI is InChI=1S/C18H22N4O2/c1-11-3-6-13(7-4-11)15-9-16(21-20-15)18(24)22-10-14(17(19)23)8-5-12(22)2/h3-4,6-7,9,12,14H,5,8,10H2,1-2H3,(H2,19,23)(H,20,21)/t12-,14-/m0/s1. The second-order valence-corrected chi connectivity index (χ2v) is 6.52. The largest absolute Gasteiger partial charge is 0.369 e. The van der Waals surface area contributed by atoms with Crippen molar-refractivity contribution in [3.63, 3.8) is 0 Å². The molecule has 1 aromatic carbocycles. The van der Waals surface area contributed by atoms with Crippen molar-refractivity contribution in [2.24, 2.45) is 11.7 Å². The van der Waals surface area contributed by atoms with Gasteiger partial charge in [-0.25, -0.2) is 0 Å². The molecule has 1 aliphatic heterocycles. The summed E-state index contributed by atoms with van der Waals surface area (Å²) in [6, 6.07) is 9.82. The molecule has 1 fully saturated rings. The number of nitrogens with one attached hydrogen (secondary N) is 1. The number of benzene rings is 1. The van der Waals surface area contributed by atoms with Gasteiger partial charge in [0.1, 0.15) is 5.69 Å². The quantitative estimate of drug-likeness (QED) is 0.905. The van der Waals surface area contributed by atoms with E-state index in [-0.39, 0.29) is 23.8 Å². The molecule has 0 saturated carbocycles. The summed E-state index contributed by atoms with van der Waals surface area (Å²) >= 11 is 0. The number of hydrogen-bond acceptors (Lipinski definition) is 3. The Labute approximate surface area is 141 Å². The Hall–Kier alpha value is -2.63. The van der Waals surface area contributed by atoms with E-state index < -0.39 is 0 Å². The van der Waals surface area contributed by atoms with Crippen molar-refractivity contribution in [3.05, 3.63) is 41.6 Å². The molecule has 2 aromatic rings. The highest BCUT2D eigenvalue weighted by molar-refractivity contribution is 5.94. The fourth-order valence-corrected chi connectivity index (χ4v) is 3.08. The van der Waals surface area contributed by atoms with Crippen LogP contribution in [0.3, 0.4) is 0 Å². The molecule has 2 amide bonds. The van der Waals surface area contributed by atoms with E-state index in [4.69, 9.17) is 5.73 Å². The van der Waals surface area contributed by atoms with E-state index in [1.807, 2.05) is 38.1 Å². The van der Waals surface area contributed by atoms with Crippen molar-refractivity contribution < 1.29 is 9.59 Å². The molecule has 2 atom stereocenters. The van der Waals surface area contributed by atoms with Gasteiger partial charge in [-0.2, -0.15) is 5.10 Å². The van der Waals surface area contributed by atoms with Crippen molar-refractivity contribution in [2.45, 2.75) is 32.7 Å². The van der Waals surface area contributed by atoms with Gasteiger partial charge >= 0.3 is 0 Å². The summed E-state index contributed by atoms with van der Waals surface area (Å²) in [7, 11) is 0. The molecule has 1 aliphatic rings. The van der Waals surface area contributed by atoms with Crippen LogP contribution in [0.15, 0.2) is 30.3 Å². The third kappa shape index (κ3) is 3.18. The van der Waals surface area contributed by atoms with Crippen LogP contribution in [0.25, 0.3) is 11.3 Å². The third-order valence-electron chi connectivity index (χ3n) is 4.70. The number of piperidine rings is 1. The summed E-state index contributed by atoms with van der Waals surface area (Å²) in [6.45, 7) is 4.39. The monoisotopic (exact) mass is 326 g/mol. The SMILES string of the molecule is Cc1ccc(-c2cc(C(=O)N3C[C@@H](C(N)=O)CC[C@@H]3C)[nH]n2)cc1. The maximum atomic E-state index is 12.8. The highest BCUT2D eigenvalue weighted by Crippen LogP contribution is 2.24. The van der Waals surface area contributed by atoms with Gasteiger partial charge in [-0.1, -0.05) is 29.8 Å². The van der Waals surface area contributed by atoms with Gasteiger partial charge in [0.25, 0.3) is 5.91 Å². The minimum absolute atomic E-state index is 0.0826. The Morgan fingerprint density at radius 2 is 1.96 bits per heavy atom. The normalized spacial score (nSPS) is 20.8. The zero-order chi connectivity index (χ0) is 17.3. The molecule has 3 rings (SSSR count). The van der Waals surface area contributed by atoms with Crippen LogP contribution in [-0.2, 0) is 4.79 Å². The first kappa shape index (κ1) is 16.2. The maximum absolute atomic E-state index is 12.8. The minimum Gasteiger partial charge on any atom is -0.369 e. The molecule has 126 valence electrons. The summed E-state index contributed by atoms with van der Waals surface area (Å²) < 4.78 is 0. The summed E-state index contributed by atoms with van der Waals surface area (Å²) in [5.74, 6) is -0.756. The second kappa shape index (κ2) is 6.47. The Bertz CT molecular complexity index is 751. The van der Waals surface area contributed by atoms with E-state index in [1.165, 1.54) is 5.56 Å². The second-order valence-electron chi connectivity index (χ2n) is 6.52. The number of rotatable bonds is 3. The van der Waals surface area contributed by atoms with Gasteiger partial charge in [0.05, 0.1) is 11.6 Å². The highest BCUT2D eigenvalue weighted by Gasteiger charge is 2.32. The number of amides is 2. The molecule has 24 heavy (non-hydrogen) atoms. The Kier molecular flexibility index (Phi) is 4.38. The van der Waals surface area contributed by atoms with Crippen LogP contribution in [0.4, 0.5) is 0 Å². The number of hydrogen-bond donors (Lipinski definition) is 2. The van der Waals surface area contributed by atoms with Gasteiger partial charge in [0.15, 0.2) is 0 Å². The number of likely N-dealkylation sites (tertiary alicyclic amines) is 1. The average Bonchev–Trinajstić information content (AvgIpc) is 3.05. The van der Waals surface area contributed by atoms with Crippen LogP contribution in [-0.4, -0.2) is 39.5 Å². The van der Waals surface area contributed by atoms with Gasteiger partial charge in [-0.05, 0) is 32.8 Å². The van der Waals surface area contributed by atoms with Crippen molar-refractivity contribution in [3.8, 4) is 11.3 Å². The molecular formula is C18H22N4O2. The van der Waals surface area contributed by atoms with Crippen LogP contribution in [0.2, 0.25) is 0 Å². The molecule has 2 heterocycles. The first-order valence-electron chi connectivity index (χ1n) is 8.18. The van der Waals surface area contributed by atoms with E-state index in [2.05, 4.69) is 10.2 Å². The molecule has 6 heteroatoms. The minimum atomic E-state index is -0.343. The lowest BCUT2D eigenvalue weighted by Gasteiger charge is -2.36.